The lowest BCUT2D eigenvalue weighted by Gasteiger charge is -2.29. The summed E-state index contributed by atoms with van der Waals surface area (Å²) in [5.74, 6) is -0.829. The molecular formula is C12H14Br2F2. The highest BCUT2D eigenvalue weighted by Gasteiger charge is 2.29. The normalized spacial score (nSPS) is 13.9. The van der Waals surface area contributed by atoms with E-state index in [9.17, 15) is 8.78 Å². The summed E-state index contributed by atoms with van der Waals surface area (Å²) in [6.07, 6.45) is 0.875. The highest BCUT2D eigenvalue weighted by Crippen LogP contribution is 2.44. The van der Waals surface area contributed by atoms with Crippen LogP contribution in [0.25, 0.3) is 0 Å². The van der Waals surface area contributed by atoms with Crippen LogP contribution >= 0.6 is 31.9 Å². The Kier molecular flexibility index (Phi) is 4.52. The molecule has 1 unspecified atom stereocenters. The van der Waals surface area contributed by atoms with Gasteiger partial charge in [0.1, 0.15) is 11.6 Å². The van der Waals surface area contributed by atoms with Gasteiger partial charge in [0.25, 0.3) is 0 Å². The second-order valence-electron chi connectivity index (χ2n) is 4.49. The number of rotatable bonds is 3. The molecule has 1 aromatic carbocycles. The van der Waals surface area contributed by atoms with Crippen molar-refractivity contribution in [2.75, 3.05) is 0 Å². The van der Waals surface area contributed by atoms with E-state index in [0.29, 0.717) is 5.56 Å². The molecule has 0 aromatic heterocycles. The van der Waals surface area contributed by atoms with Gasteiger partial charge in [0, 0.05) is 10.4 Å². The van der Waals surface area contributed by atoms with E-state index >= 15 is 0 Å². The Morgan fingerprint density at radius 3 is 2.31 bits per heavy atom. The zero-order chi connectivity index (χ0) is 12.5. The lowest BCUT2D eigenvalue weighted by Crippen LogP contribution is -2.17. The second-order valence-corrected chi connectivity index (χ2v) is 6.26. The predicted molar refractivity (Wildman–Crippen MR) is 69.8 cm³/mol. The zero-order valence-corrected chi connectivity index (χ0v) is 12.6. The van der Waals surface area contributed by atoms with Crippen LogP contribution in [0.3, 0.4) is 0 Å². The largest absolute Gasteiger partial charge is 0.207 e. The Morgan fingerprint density at radius 2 is 1.81 bits per heavy atom. The van der Waals surface area contributed by atoms with Crippen molar-refractivity contribution in [3.63, 3.8) is 0 Å². The van der Waals surface area contributed by atoms with Crippen LogP contribution in [0, 0.1) is 17.0 Å². The number of benzene rings is 1. The molecule has 16 heavy (non-hydrogen) atoms. The maximum atomic E-state index is 13.7. The summed E-state index contributed by atoms with van der Waals surface area (Å²) in [5.41, 5.74) is 0.244. The molecule has 0 N–H and O–H groups in total. The number of halogens is 4. The van der Waals surface area contributed by atoms with Gasteiger partial charge in [-0.15, -0.1) is 0 Å². The first-order valence-corrected chi connectivity index (χ1v) is 6.79. The first kappa shape index (κ1) is 14.1. The third kappa shape index (κ3) is 2.83. The van der Waals surface area contributed by atoms with Gasteiger partial charge >= 0.3 is 0 Å². The minimum Gasteiger partial charge on any atom is -0.207 e. The van der Waals surface area contributed by atoms with E-state index < -0.39 is 11.6 Å². The van der Waals surface area contributed by atoms with Gasteiger partial charge in [-0.1, -0.05) is 36.7 Å². The molecule has 0 aliphatic rings. The van der Waals surface area contributed by atoms with Crippen molar-refractivity contribution in [3.05, 3.63) is 33.8 Å². The average Bonchev–Trinajstić information content (AvgIpc) is 2.22. The Balaban J connectivity index is 3.19. The van der Waals surface area contributed by atoms with E-state index in [4.69, 9.17) is 0 Å². The molecule has 0 nitrogen and oxygen atoms in total. The van der Waals surface area contributed by atoms with E-state index in [2.05, 4.69) is 31.9 Å². The first-order valence-electron chi connectivity index (χ1n) is 5.08. The standard InChI is InChI=1S/C12H14Br2F2/c1-4-12(2,3)11(14)7-5-10(16)8(13)6-9(7)15/h5-6,11H,4H2,1-3H3. The molecule has 0 heterocycles. The van der Waals surface area contributed by atoms with Gasteiger partial charge < -0.3 is 0 Å². The Labute approximate surface area is 112 Å². The molecule has 0 fully saturated rings. The molecule has 0 spiro atoms. The average molecular weight is 356 g/mol. The van der Waals surface area contributed by atoms with Crippen LogP contribution in [0.2, 0.25) is 0 Å². The first-order chi connectivity index (χ1) is 7.29. The van der Waals surface area contributed by atoms with Crippen molar-refractivity contribution >= 4 is 31.9 Å². The fraction of sp³-hybridized carbons (Fsp3) is 0.500. The monoisotopic (exact) mass is 354 g/mol. The maximum Gasteiger partial charge on any atom is 0.137 e. The fourth-order valence-electron chi connectivity index (χ4n) is 1.33. The Morgan fingerprint density at radius 1 is 1.25 bits per heavy atom. The van der Waals surface area contributed by atoms with Gasteiger partial charge in [-0.3, -0.25) is 0 Å². The van der Waals surface area contributed by atoms with Gasteiger partial charge in [-0.05, 0) is 39.9 Å². The van der Waals surface area contributed by atoms with Crippen LogP contribution in [0.4, 0.5) is 8.78 Å². The molecule has 90 valence electrons. The lowest BCUT2D eigenvalue weighted by atomic mass is 9.83. The lowest BCUT2D eigenvalue weighted by molar-refractivity contribution is 0.339. The number of alkyl halides is 1. The van der Waals surface area contributed by atoms with E-state index in [1.807, 2.05) is 20.8 Å². The molecule has 0 aliphatic heterocycles. The molecular weight excluding hydrogens is 342 g/mol. The zero-order valence-electron chi connectivity index (χ0n) is 9.45. The molecule has 0 radical (unpaired) electrons. The molecule has 0 amide bonds. The minimum absolute atomic E-state index is 0.124. The fourth-order valence-corrected chi connectivity index (χ4v) is 2.32. The van der Waals surface area contributed by atoms with Crippen LogP contribution in [-0.4, -0.2) is 0 Å². The van der Waals surface area contributed by atoms with Crippen LogP contribution in [0.1, 0.15) is 37.6 Å². The molecule has 0 saturated carbocycles. The van der Waals surface area contributed by atoms with Gasteiger partial charge in [0.05, 0.1) is 4.47 Å². The van der Waals surface area contributed by atoms with E-state index in [0.717, 1.165) is 6.42 Å². The topological polar surface area (TPSA) is 0 Å². The minimum atomic E-state index is -0.437. The van der Waals surface area contributed by atoms with Gasteiger partial charge in [0.2, 0.25) is 0 Å². The summed E-state index contributed by atoms with van der Waals surface area (Å²) in [7, 11) is 0. The summed E-state index contributed by atoms with van der Waals surface area (Å²) in [5, 5.41) is 0. The van der Waals surface area contributed by atoms with Crippen molar-refractivity contribution in [2.45, 2.75) is 32.0 Å². The van der Waals surface area contributed by atoms with Crippen molar-refractivity contribution < 1.29 is 8.78 Å². The van der Waals surface area contributed by atoms with Crippen molar-refractivity contribution in [2.24, 2.45) is 5.41 Å². The van der Waals surface area contributed by atoms with E-state index in [1.54, 1.807) is 0 Å². The van der Waals surface area contributed by atoms with Crippen LogP contribution in [-0.2, 0) is 0 Å². The van der Waals surface area contributed by atoms with Crippen molar-refractivity contribution in [1.29, 1.82) is 0 Å². The van der Waals surface area contributed by atoms with Crippen LogP contribution in [0.5, 0.6) is 0 Å². The summed E-state index contributed by atoms with van der Waals surface area (Å²) >= 11 is 6.42. The van der Waals surface area contributed by atoms with Gasteiger partial charge in [-0.2, -0.15) is 0 Å². The molecule has 1 rings (SSSR count). The summed E-state index contributed by atoms with van der Waals surface area (Å²) < 4.78 is 27.3. The SMILES string of the molecule is CCC(C)(C)C(Br)c1cc(F)c(Br)cc1F. The summed E-state index contributed by atoms with van der Waals surface area (Å²) in [4.78, 5) is -0.201. The highest BCUT2D eigenvalue weighted by atomic mass is 79.9. The van der Waals surface area contributed by atoms with E-state index in [1.165, 1.54) is 12.1 Å². The van der Waals surface area contributed by atoms with E-state index in [-0.39, 0.29) is 14.7 Å². The molecule has 1 atom stereocenters. The van der Waals surface area contributed by atoms with Gasteiger partial charge in [0.15, 0.2) is 0 Å². The predicted octanol–water partition coefficient (Wildman–Crippen LogP) is 5.60. The number of hydrogen-bond acceptors (Lipinski definition) is 0. The molecule has 4 heteroatoms. The van der Waals surface area contributed by atoms with Crippen LogP contribution < -0.4 is 0 Å². The number of hydrogen-bond donors (Lipinski definition) is 0. The summed E-state index contributed by atoms with van der Waals surface area (Å²) in [6.45, 7) is 6.07. The quantitative estimate of drug-likeness (QED) is 0.489. The molecule has 0 bridgehead atoms. The molecule has 0 aliphatic carbocycles. The smallest absolute Gasteiger partial charge is 0.137 e. The Bertz CT molecular complexity index is 389. The van der Waals surface area contributed by atoms with Gasteiger partial charge in [-0.25, -0.2) is 8.78 Å². The third-order valence-electron chi connectivity index (χ3n) is 2.91. The Hall–Kier alpha value is 0.0400. The molecule has 1 aromatic rings. The second kappa shape index (κ2) is 5.13. The van der Waals surface area contributed by atoms with Crippen molar-refractivity contribution in [1.82, 2.24) is 0 Å². The third-order valence-corrected chi connectivity index (χ3v) is 5.25. The summed E-state index contributed by atoms with van der Waals surface area (Å²) in [6, 6.07) is 2.42. The van der Waals surface area contributed by atoms with Crippen LogP contribution in [0.15, 0.2) is 16.6 Å². The van der Waals surface area contributed by atoms with Crippen molar-refractivity contribution in [3.8, 4) is 0 Å². The maximum absolute atomic E-state index is 13.7. The highest BCUT2D eigenvalue weighted by molar-refractivity contribution is 9.10. The molecule has 0 saturated heterocycles.